The molecule has 4 rings (SSSR count). The lowest BCUT2D eigenvalue weighted by atomic mass is 10.1. The average molecular weight is 423 g/mol. The average Bonchev–Trinajstić information content (AvgIpc) is 3.37. The Morgan fingerprint density at radius 2 is 1.87 bits per heavy atom. The van der Waals surface area contributed by atoms with Crippen LogP contribution in [0.4, 0.5) is 5.69 Å². The smallest absolute Gasteiger partial charge is 0.290 e. The number of rotatable bonds is 6. The summed E-state index contributed by atoms with van der Waals surface area (Å²) in [6.07, 6.45) is 1.81. The fourth-order valence-corrected chi connectivity index (χ4v) is 3.80. The molecule has 3 amide bonds. The lowest BCUT2D eigenvalue weighted by molar-refractivity contribution is -0.122. The number of hydrogen-bond acceptors (Lipinski definition) is 4. The molecule has 0 N–H and O–H groups in total. The number of carbonyl (C=O) groups excluding carboxylic acids is 3. The molecule has 152 valence electrons. The van der Waals surface area contributed by atoms with Crippen molar-refractivity contribution in [1.82, 2.24) is 4.90 Å². The van der Waals surface area contributed by atoms with E-state index in [9.17, 15) is 14.4 Å². The summed E-state index contributed by atoms with van der Waals surface area (Å²) in [6, 6.07) is 18.3. The molecule has 30 heavy (non-hydrogen) atoms. The second-order valence-electron chi connectivity index (χ2n) is 6.98. The van der Waals surface area contributed by atoms with Crippen LogP contribution in [0.1, 0.15) is 22.5 Å². The molecular weight excluding hydrogens is 404 g/mol. The largest absolute Gasteiger partial charge is 0.459 e. The van der Waals surface area contributed by atoms with Crippen molar-refractivity contribution in [2.45, 2.75) is 18.9 Å². The molecule has 1 aliphatic heterocycles. The SMILES string of the molecule is O=C1CC(N(CCc2cccc(Cl)c2)C(=O)c2ccco2)C(=O)N1c1ccccc1. The Morgan fingerprint density at radius 1 is 1.07 bits per heavy atom. The monoisotopic (exact) mass is 422 g/mol. The fourth-order valence-electron chi connectivity index (χ4n) is 3.59. The van der Waals surface area contributed by atoms with Crippen LogP contribution in [-0.2, 0) is 16.0 Å². The number of amides is 3. The second kappa shape index (κ2) is 8.55. The van der Waals surface area contributed by atoms with E-state index in [0.29, 0.717) is 17.1 Å². The Hall–Kier alpha value is -3.38. The molecule has 0 saturated carbocycles. The van der Waals surface area contributed by atoms with Gasteiger partial charge in [0.2, 0.25) is 5.91 Å². The summed E-state index contributed by atoms with van der Waals surface area (Å²) in [5.41, 5.74) is 1.42. The van der Waals surface area contributed by atoms with E-state index in [4.69, 9.17) is 16.0 Å². The third kappa shape index (κ3) is 4.00. The molecule has 3 aromatic rings. The highest BCUT2D eigenvalue weighted by Gasteiger charge is 2.44. The van der Waals surface area contributed by atoms with Crippen LogP contribution in [0.3, 0.4) is 0 Å². The maximum Gasteiger partial charge on any atom is 0.290 e. The van der Waals surface area contributed by atoms with E-state index < -0.39 is 17.9 Å². The normalized spacial score (nSPS) is 16.2. The lowest BCUT2D eigenvalue weighted by Gasteiger charge is -2.27. The molecule has 0 aliphatic carbocycles. The lowest BCUT2D eigenvalue weighted by Crippen LogP contribution is -2.46. The number of halogens is 1. The summed E-state index contributed by atoms with van der Waals surface area (Å²) >= 11 is 6.06. The van der Waals surface area contributed by atoms with Crippen LogP contribution in [-0.4, -0.2) is 35.2 Å². The number of nitrogens with zero attached hydrogens (tertiary/aromatic N) is 2. The Bertz CT molecular complexity index is 1070. The first-order chi connectivity index (χ1) is 14.5. The minimum Gasteiger partial charge on any atom is -0.459 e. The summed E-state index contributed by atoms with van der Waals surface area (Å²) in [5, 5.41) is 0.596. The quantitative estimate of drug-likeness (QED) is 0.564. The first-order valence-corrected chi connectivity index (χ1v) is 9.93. The molecule has 1 saturated heterocycles. The summed E-state index contributed by atoms with van der Waals surface area (Å²) in [7, 11) is 0. The molecule has 1 unspecified atom stereocenters. The van der Waals surface area contributed by atoms with Crippen molar-refractivity contribution >= 4 is 35.0 Å². The number of anilines is 1. The Kier molecular flexibility index (Phi) is 5.68. The van der Waals surface area contributed by atoms with E-state index in [0.717, 1.165) is 10.5 Å². The van der Waals surface area contributed by atoms with Crippen molar-refractivity contribution in [1.29, 1.82) is 0 Å². The van der Waals surface area contributed by atoms with Crippen molar-refractivity contribution in [3.63, 3.8) is 0 Å². The number of hydrogen-bond donors (Lipinski definition) is 0. The van der Waals surface area contributed by atoms with Gasteiger partial charge in [0, 0.05) is 11.6 Å². The van der Waals surface area contributed by atoms with Gasteiger partial charge < -0.3 is 9.32 Å². The molecule has 6 nitrogen and oxygen atoms in total. The molecule has 1 aliphatic rings. The standard InChI is InChI=1S/C23H19ClN2O4/c24-17-7-4-6-16(14-17)11-12-25(23(29)20-10-5-13-30-20)19-15-21(27)26(22(19)28)18-8-2-1-3-9-18/h1-10,13-14,19H,11-12,15H2. The number of imide groups is 1. The van der Waals surface area contributed by atoms with Gasteiger partial charge in [0.1, 0.15) is 6.04 Å². The van der Waals surface area contributed by atoms with Gasteiger partial charge in [-0.2, -0.15) is 0 Å². The van der Waals surface area contributed by atoms with Gasteiger partial charge in [0.25, 0.3) is 11.8 Å². The van der Waals surface area contributed by atoms with Gasteiger partial charge in [0.05, 0.1) is 18.4 Å². The van der Waals surface area contributed by atoms with Crippen LogP contribution < -0.4 is 4.90 Å². The van der Waals surface area contributed by atoms with Crippen molar-refractivity contribution in [3.05, 3.63) is 89.3 Å². The molecular formula is C23H19ClN2O4. The van der Waals surface area contributed by atoms with Gasteiger partial charge in [-0.05, 0) is 48.4 Å². The molecule has 1 aromatic heterocycles. The minimum absolute atomic E-state index is 0.0737. The van der Waals surface area contributed by atoms with Gasteiger partial charge in [-0.1, -0.05) is 41.9 Å². The van der Waals surface area contributed by atoms with E-state index in [1.807, 2.05) is 24.3 Å². The Labute approximate surface area is 178 Å². The Morgan fingerprint density at radius 3 is 2.57 bits per heavy atom. The van der Waals surface area contributed by atoms with E-state index in [1.54, 1.807) is 42.5 Å². The van der Waals surface area contributed by atoms with Crippen LogP contribution in [0.15, 0.2) is 77.4 Å². The molecule has 0 radical (unpaired) electrons. The molecule has 2 heterocycles. The maximum atomic E-state index is 13.2. The number of para-hydroxylation sites is 1. The van der Waals surface area contributed by atoms with Crippen molar-refractivity contribution in [3.8, 4) is 0 Å². The highest BCUT2D eigenvalue weighted by molar-refractivity contribution is 6.30. The van der Waals surface area contributed by atoms with Crippen LogP contribution >= 0.6 is 11.6 Å². The topological polar surface area (TPSA) is 70.8 Å². The molecule has 0 spiro atoms. The first kappa shape index (κ1) is 19.9. The second-order valence-corrected chi connectivity index (χ2v) is 7.42. The van der Waals surface area contributed by atoms with Crippen molar-refractivity contribution in [2.75, 3.05) is 11.4 Å². The molecule has 7 heteroatoms. The first-order valence-electron chi connectivity index (χ1n) is 9.55. The highest BCUT2D eigenvalue weighted by atomic mass is 35.5. The minimum atomic E-state index is -0.894. The zero-order valence-electron chi connectivity index (χ0n) is 16.0. The third-order valence-corrected chi connectivity index (χ3v) is 5.27. The van der Waals surface area contributed by atoms with E-state index >= 15 is 0 Å². The fraction of sp³-hybridized carbons (Fsp3) is 0.174. The van der Waals surface area contributed by atoms with Gasteiger partial charge >= 0.3 is 0 Å². The van der Waals surface area contributed by atoms with Crippen LogP contribution in [0.5, 0.6) is 0 Å². The van der Waals surface area contributed by atoms with E-state index in [-0.39, 0.29) is 24.6 Å². The third-order valence-electron chi connectivity index (χ3n) is 5.04. The molecule has 2 aromatic carbocycles. The van der Waals surface area contributed by atoms with Gasteiger partial charge in [-0.15, -0.1) is 0 Å². The molecule has 0 bridgehead atoms. The number of carbonyl (C=O) groups is 3. The van der Waals surface area contributed by atoms with Gasteiger partial charge in [0.15, 0.2) is 5.76 Å². The molecule has 1 fully saturated rings. The molecule has 1 atom stereocenters. The van der Waals surface area contributed by atoms with Gasteiger partial charge in [-0.3, -0.25) is 14.4 Å². The predicted octanol–water partition coefficient (Wildman–Crippen LogP) is 3.95. The van der Waals surface area contributed by atoms with Crippen LogP contribution in [0.2, 0.25) is 5.02 Å². The Balaban J connectivity index is 1.61. The van der Waals surface area contributed by atoms with Crippen molar-refractivity contribution in [2.24, 2.45) is 0 Å². The van der Waals surface area contributed by atoms with Crippen LogP contribution in [0.25, 0.3) is 0 Å². The zero-order chi connectivity index (χ0) is 21.1. The highest BCUT2D eigenvalue weighted by Crippen LogP contribution is 2.27. The number of furan rings is 1. The summed E-state index contributed by atoms with van der Waals surface area (Å²) < 4.78 is 5.26. The van der Waals surface area contributed by atoms with Gasteiger partial charge in [-0.25, -0.2) is 4.90 Å². The summed E-state index contributed by atoms with van der Waals surface area (Å²) in [5.74, 6) is -1.06. The maximum absolute atomic E-state index is 13.2. The summed E-state index contributed by atoms with van der Waals surface area (Å²) in [6.45, 7) is 0.242. The van der Waals surface area contributed by atoms with E-state index in [2.05, 4.69) is 0 Å². The summed E-state index contributed by atoms with van der Waals surface area (Å²) in [4.78, 5) is 41.5. The van der Waals surface area contributed by atoms with E-state index in [1.165, 1.54) is 11.2 Å². The zero-order valence-corrected chi connectivity index (χ0v) is 16.8. The predicted molar refractivity (Wildman–Crippen MR) is 112 cm³/mol. The van der Waals surface area contributed by atoms with Crippen LogP contribution in [0, 0.1) is 0 Å². The number of benzene rings is 2. The van der Waals surface area contributed by atoms with Crippen molar-refractivity contribution < 1.29 is 18.8 Å².